The van der Waals surface area contributed by atoms with Gasteiger partial charge in [0.15, 0.2) is 0 Å². The van der Waals surface area contributed by atoms with E-state index < -0.39 is 0 Å². The molecule has 1 saturated heterocycles. The van der Waals surface area contributed by atoms with Crippen LogP contribution in [-0.4, -0.2) is 65.4 Å². The number of hydrogen-bond acceptors (Lipinski definition) is 4. The molecular formula is C15H22N4O2. The third-order valence-electron chi connectivity index (χ3n) is 3.83. The van der Waals surface area contributed by atoms with Crippen molar-refractivity contribution in [2.75, 3.05) is 26.7 Å². The van der Waals surface area contributed by atoms with Gasteiger partial charge < -0.3 is 10.2 Å². The number of hydrogen-bond donors (Lipinski definition) is 1. The number of piperazine rings is 1. The predicted molar refractivity (Wildman–Crippen MR) is 79.8 cm³/mol. The van der Waals surface area contributed by atoms with Crippen molar-refractivity contribution in [1.82, 2.24) is 20.1 Å². The Kier molecular flexibility index (Phi) is 4.90. The summed E-state index contributed by atoms with van der Waals surface area (Å²) in [6, 6.07) is 3.46. The summed E-state index contributed by atoms with van der Waals surface area (Å²) in [5.74, 6) is -0.118. The Balaban J connectivity index is 2.14. The summed E-state index contributed by atoms with van der Waals surface area (Å²) >= 11 is 0. The minimum atomic E-state index is -0.302. The van der Waals surface area contributed by atoms with E-state index in [1.54, 1.807) is 36.5 Å². The smallest absolute Gasteiger partial charge is 0.255 e. The van der Waals surface area contributed by atoms with Crippen LogP contribution >= 0.6 is 0 Å². The molecule has 1 N–H and O–H groups in total. The molecule has 0 aliphatic carbocycles. The number of rotatable bonds is 3. The predicted octanol–water partition coefficient (Wildman–Crippen LogP) is 0.362. The molecule has 1 fully saturated rings. The minimum absolute atomic E-state index is 0.0487. The molecule has 2 amide bonds. The van der Waals surface area contributed by atoms with Crippen LogP contribution in [0.25, 0.3) is 0 Å². The molecule has 2 rings (SSSR count). The summed E-state index contributed by atoms with van der Waals surface area (Å²) in [5.41, 5.74) is 0.561. The molecule has 0 spiro atoms. The van der Waals surface area contributed by atoms with Gasteiger partial charge in [0.25, 0.3) is 5.91 Å². The Morgan fingerprint density at radius 1 is 1.38 bits per heavy atom. The van der Waals surface area contributed by atoms with Crippen molar-refractivity contribution in [3.8, 4) is 0 Å². The van der Waals surface area contributed by atoms with Gasteiger partial charge in [-0.2, -0.15) is 0 Å². The van der Waals surface area contributed by atoms with Gasteiger partial charge in [-0.15, -0.1) is 0 Å². The van der Waals surface area contributed by atoms with E-state index in [2.05, 4.69) is 29.0 Å². The van der Waals surface area contributed by atoms with E-state index >= 15 is 0 Å². The molecule has 2 heterocycles. The summed E-state index contributed by atoms with van der Waals surface area (Å²) in [6.07, 6.45) is 3.20. The SMILES string of the molecule is CNC(=O)[C@@H]1CN(C(=O)c2cccnc2)CCN1C(C)C. The molecule has 1 atom stereocenters. The van der Waals surface area contributed by atoms with Crippen LogP contribution < -0.4 is 5.32 Å². The van der Waals surface area contributed by atoms with E-state index in [9.17, 15) is 9.59 Å². The zero-order chi connectivity index (χ0) is 15.4. The van der Waals surface area contributed by atoms with E-state index in [1.807, 2.05) is 0 Å². The van der Waals surface area contributed by atoms with Crippen molar-refractivity contribution in [3.63, 3.8) is 0 Å². The maximum atomic E-state index is 12.5. The number of pyridine rings is 1. The molecule has 1 aliphatic rings. The van der Waals surface area contributed by atoms with E-state index in [0.717, 1.165) is 0 Å². The lowest BCUT2D eigenvalue weighted by molar-refractivity contribution is -0.128. The molecule has 0 aromatic carbocycles. The lowest BCUT2D eigenvalue weighted by Gasteiger charge is -2.42. The lowest BCUT2D eigenvalue weighted by atomic mass is 10.1. The molecule has 6 nitrogen and oxygen atoms in total. The van der Waals surface area contributed by atoms with Gasteiger partial charge in [0.2, 0.25) is 5.91 Å². The van der Waals surface area contributed by atoms with E-state index in [4.69, 9.17) is 0 Å². The van der Waals surface area contributed by atoms with Gasteiger partial charge in [-0.1, -0.05) is 0 Å². The first-order valence-corrected chi connectivity index (χ1v) is 7.21. The highest BCUT2D eigenvalue weighted by molar-refractivity contribution is 5.94. The fraction of sp³-hybridized carbons (Fsp3) is 0.533. The number of amides is 2. The summed E-state index contributed by atoms with van der Waals surface area (Å²) in [7, 11) is 1.63. The summed E-state index contributed by atoms with van der Waals surface area (Å²) in [5, 5.41) is 2.69. The molecule has 21 heavy (non-hydrogen) atoms. The molecule has 0 radical (unpaired) electrons. The second-order valence-electron chi connectivity index (χ2n) is 5.45. The average Bonchev–Trinajstić information content (AvgIpc) is 2.53. The number of nitrogens with zero attached hydrogens (tertiary/aromatic N) is 3. The second kappa shape index (κ2) is 6.67. The third-order valence-corrected chi connectivity index (χ3v) is 3.83. The van der Waals surface area contributed by atoms with Gasteiger partial charge in [-0.05, 0) is 26.0 Å². The van der Waals surface area contributed by atoms with E-state index in [-0.39, 0.29) is 23.9 Å². The van der Waals surface area contributed by atoms with Crippen LogP contribution in [0.3, 0.4) is 0 Å². The first kappa shape index (κ1) is 15.4. The molecule has 0 saturated carbocycles. The van der Waals surface area contributed by atoms with Gasteiger partial charge in [-0.3, -0.25) is 19.5 Å². The molecule has 1 aliphatic heterocycles. The normalized spacial score (nSPS) is 19.6. The van der Waals surface area contributed by atoms with Crippen LogP contribution in [0.2, 0.25) is 0 Å². The molecular weight excluding hydrogens is 268 g/mol. The standard InChI is InChI=1S/C15H22N4O2/c1-11(2)19-8-7-18(10-13(19)14(20)16-3)15(21)12-5-4-6-17-9-12/h4-6,9,11,13H,7-8,10H2,1-3H3,(H,16,20)/t13-/m0/s1. The molecule has 0 unspecified atom stereocenters. The van der Waals surface area contributed by atoms with Gasteiger partial charge in [0.05, 0.1) is 5.56 Å². The summed E-state index contributed by atoms with van der Waals surface area (Å²) in [6.45, 7) is 5.86. The van der Waals surface area contributed by atoms with Crippen molar-refractivity contribution >= 4 is 11.8 Å². The zero-order valence-electron chi connectivity index (χ0n) is 12.7. The van der Waals surface area contributed by atoms with Crippen molar-refractivity contribution in [3.05, 3.63) is 30.1 Å². The number of nitrogens with one attached hydrogen (secondary N) is 1. The van der Waals surface area contributed by atoms with Gasteiger partial charge >= 0.3 is 0 Å². The van der Waals surface area contributed by atoms with Crippen molar-refractivity contribution < 1.29 is 9.59 Å². The van der Waals surface area contributed by atoms with Crippen LogP contribution in [0, 0.1) is 0 Å². The fourth-order valence-electron chi connectivity index (χ4n) is 2.67. The van der Waals surface area contributed by atoms with Crippen LogP contribution in [0.1, 0.15) is 24.2 Å². The Hall–Kier alpha value is -1.95. The maximum Gasteiger partial charge on any atom is 0.255 e. The summed E-state index contributed by atoms with van der Waals surface area (Å²) < 4.78 is 0. The monoisotopic (exact) mass is 290 g/mol. The van der Waals surface area contributed by atoms with Gasteiger partial charge in [0, 0.05) is 45.1 Å². The first-order chi connectivity index (χ1) is 10.0. The van der Waals surface area contributed by atoms with Gasteiger partial charge in [0.1, 0.15) is 6.04 Å². The van der Waals surface area contributed by atoms with Crippen LogP contribution in [-0.2, 0) is 4.79 Å². The van der Waals surface area contributed by atoms with Crippen molar-refractivity contribution in [1.29, 1.82) is 0 Å². The quantitative estimate of drug-likeness (QED) is 0.873. The number of likely N-dealkylation sites (N-methyl/N-ethyl adjacent to an activating group) is 1. The van der Waals surface area contributed by atoms with Gasteiger partial charge in [-0.25, -0.2) is 0 Å². The van der Waals surface area contributed by atoms with Crippen LogP contribution in [0.4, 0.5) is 0 Å². The number of aromatic nitrogens is 1. The average molecular weight is 290 g/mol. The molecule has 0 bridgehead atoms. The second-order valence-corrected chi connectivity index (χ2v) is 5.45. The molecule has 1 aromatic heterocycles. The third kappa shape index (κ3) is 3.39. The topological polar surface area (TPSA) is 65.5 Å². The first-order valence-electron chi connectivity index (χ1n) is 7.21. The van der Waals surface area contributed by atoms with E-state index in [1.165, 1.54) is 0 Å². The van der Waals surface area contributed by atoms with Crippen molar-refractivity contribution in [2.24, 2.45) is 0 Å². The lowest BCUT2D eigenvalue weighted by Crippen LogP contribution is -2.61. The minimum Gasteiger partial charge on any atom is -0.358 e. The Labute approximate surface area is 125 Å². The number of carbonyl (C=O) groups is 2. The Morgan fingerprint density at radius 2 is 2.14 bits per heavy atom. The molecule has 1 aromatic rings. The highest BCUT2D eigenvalue weighted by Crippen LogP contribution is 2.16. The molecule has 6 heteroatoms. The highest BCUT2D eigenvalue weighted by atomic mass is 16.2. The largest absolute Gasteiger partial charge is 0.358 e. The highest BCUT2D eigenvalue weighted by Gasteiger charge is 2.35. The van der Waals surface area contributed by atoms with Crippen LogP contribution in [0.15, 0.2) is 24.5 Å². The summed E-state index contributed by atoms with van der Waals surface area (Å²) in [4.78, 5) is 32.4. The van der Waals surface area contributed by atoms with Crippen LogP contribution in [0.5, 0.6) is 0 Å². The fourth-order valence-corrected chi connectivity index (χ4v) is 2.67. The van der Waals surface area contributed by atoms with Crippen molar-refractivity contribution in [2.45, 2.75) is 25.9 Å². The zero-order valence-corrected chi connectivity index (χ0v) is 12.7. The van der Waals surface area contributed by atoms with E-state index in [0.29, 0.717) is 25.2 Å². The molecule has 114 valence electrons. The Bertz CT molecular complexity index is 504. The Morgan fingerprint density at radius 3 is 2.71 bits per heavy atom. The maximum absolute atomic E-state index is 12.5. The number of carbonyl (C=O) groups excluding carboxylic acids is 2.